The van der Waals surface area contributed by atoms with Crippen molar-refractivity contribution in [1.29, 1.82) is 0 Å². The van der Waals surface area contributed by atoms with Gasteiger partial charge in [-0.15, -0.1) is 0 Å². The number of nitrogens with zero attached hydrogens (tertiary/aromatic N) is 4. The standard InChI is InChI=1S/C25H24FN5O/c1-16-9-10-27-20(15-16)24-17(2)25(23-18(26)5-3-6-19(23)28-24)30-21-7-4-8-22(29-21)31-11-13-32-14-12-31/h3-10,15H,11-14H2,1-2H3,(H,28,29,30). The third kappa shape index (κ3) is 3.87. The van der Waals surface area contributed by atoms with E-state index in [1.807, 2.05) is 50.2 Å². The van der Waals surface area contributed by atoms with Gasteiger partial charge in [0.1, 0.15) is 17.5 Å². The SMILES string of the molecule is Cc1ccnc(-c2nc3cccc(F)c3c(Nc3cccc(N4CCOCC4)n3)c2C)c1. The predicted octanol–water partition coefficient (Wildman–Crippen LogP) is 5.03. The molecule has 0 amide bonds. The minimum absolute atomic E-state index is 0.325. The van der Waals surface area contributed by atoms with Crippen LogP contribution in [0.25, 0.3) is 22.3 Å². The molecule has 6 nitrogen and oxygen atoms in total. The second-order valence-corrected chi connectivity index (χ2v) is 7.92. The molecule has 1 fully saturated rings. The fraction of sp³-hybridized carbons (Fsp3) is 0.240. The summed E-state index contributed by atoms with van der Waals surface area (Å²) in [5.41, 5.74) is 4.60. The molecule has 32 heavy (non-hydrogen) atoms. The Balaban J connectivity index is 1.62. The molecule has 0 radical (unpaired) electrons. The highest BCUT2D eigenvalue weighted by atomic mass is 19.1. The number of pyridine rings is 3. The van der Waals surface area contributed by atoms with Crippen molar-refractivity contribution in [2.24, 2.45) is 0 Å². The summed E-state index contributed by atoms with van der Waals surface area (Å²) in [4.78, 5) is 16.2. The van der Waals surface area contributed by atoms with Crippen LogP contribution in [0, 0.1) is 19.7 Å². The Kier molecular flexibility index (Phi) is 5.41. The van der Waals surface area contributed by atoms with Crippen LogP contribution in [-0.2, 0) is 4.74 Å². The molecule has 1 aliphatic rings. The maximum atomic E-state index is 15.0. The quantitative estimate of drug-likeness (QED) is 0.491. The first kappa shape index (κ1) is 20.3. The first-order chi connectivity index (χ1) is 15.6. The number of rotatable bonds is 4. The molecular weight excluding hydrogens is 405 g/mol. The molecule has 3 aromatic heterocycles. The van der Waals surface area contributed by atoms with Crippen molar-refractivity contribution in [3.63, 3.8) is 0 Å². The highest BCUT2D eigenvalue weighted by Crippen LogP contribution is 2.36. The lowest BCUT2D eigenvalue weighted by molar-refractivity contribution is 0.122. The van der Waals surface area contributed by atoms with Crippen LogP contribution in [-0.4, -0.2) is 41.3 Å². The summed E-state index contributed by atoms with van der Waals surface area (Å²) in [5.74, 6) is 1.19. The number of hydrogen-bond donors (Lipinski definition) is 1. The van der Waals surface area contributed by atoms with E-state index in [4.69, 9.17) is 14.7 Å². The van der Waals surface area contributed by atoms with Gasteiger partial charge in [-0.1, -0.05) is 12.1 Å². The Bertz CT molecular complexity index is 1290. The summed E-state index contributed by atoms with van der Waals surface area (Å²) >= 11 is 0. The van der Waals surface area contributed by atoms with Crippen molar-refractivity contribution >= 4 is 28.2 Å². The minimum Gasteiger partial charge on any atom is -0.378 e. The number of fused-ring (bicyclic) bond motifs is 1. The molecule has 7 heteroatoms. The Morgan fingerprint density at radius 2 is 1.81 bits per heavy atom. The van der Waals surface area contributed by atoms with Gasteiger partial charge in [0.15, 0.2) is 0 Å². The van der Waals surface area contributed by atoms with Gasteiger partial charge >= 0.3 is 0 Å². The van der Waals surface area contributed by atoms with E-state index in [2.05, 4.69) is 15.2 Å². The van der Waals surface area contributed by atoms with E-state index in [1.54, 1.807) is 12.3 Å². The van der Waals surface area contributed by atoms with E-state index in [1.165, 1.54) is 6.07 Å². The van der Waals surface area contributed by atoms with E-state index in [9.17, 15) is 4.39 Å². The number of halogens is 1. The molecule has 1 saturated heterocycles. The largest absolute Gasteiger partial charge is 0.378 e. The minimum atomic E-state index is -0.325. The summed E-state index contributed by atoms with van der Waals surface area (Å²) in [6.07, 6.45) is 1.77. The maximum absolute atomic E-state index is 15.0. The number of aromatic nitrogens is 3. The normalized spacial score (nSPS) is 14.0. The number of anilines is 3. The molecule has 1 N–H and O–H groups in total. The van der Waals surface area contributed by atoms with Gasteiger partial charge < -0.3 is 15.0 Å². The van der Waals surface area contributed by atoms with Crippen LogP contribution in [0.3, 0.4) is 0 Å². The molecule has 0 aliphatic carbocycles. The van der Waals surface area contributed by atoms with Gasteiger partial charge in [0, 0.05) is 24.8 Å². The monoisotopic (exact) mass is 429 g/mol. The Labute approximate surface area is 186 Å². The van der Waals surface area contributed by atoms with E-state index < -0.39 is 0 Å². The van der Waals surface area contributed by atoms with Crippen LogP contribution >= 0.6 is 0 Å². The molecule has 0 spiro atoms. The molecule has 4 heterocycles. The van der Waals surface area contributed by atoms with Crippen molar-refractivity contribution < 1.29 is 9.13 Å². The second-order valence-electron chi connectivity index (χ2n) is 7.92. The molecule has 5 rings (SSSR count). The van der Waals surface area contributed by atoms with Crippen LogP contribution in [0.2, 0.25) is 0 Å². The molecule has 1 aromatic carbocycles. The smallest absolute Gasteiger partial charge is 0.134 e. The zero-order valence-electron chi connectivity index (χ0n) is 18.1. The highest BCUT2D eigenvalue weighted by Gasteiger charge is 2.18. The zero-order valence-corrected chi connectivity index (χ0v) is 18.1. The van der Waals surface area contributed by atoms with Crippen LogP contribution in [0.1, 0.15) is 11.1 Å². The molecule has 0 atom stereocenters. The van der Waals surface area contributed by atoms with Gasteiger partial charge in [-0.05, 0) is 55.8 Å². The number of morpholine rings is 1. The summed E-state index contributed by atoms with van der Waals surface area (Å²) in [7, 11) is 0. The third-order valence-corrected chi connectivity index (χ3v) is 5.68. The average Bonchev–Trinajstić information content (AvgIpc) is 2.81. The predicted molar refractivity (Wildman–Crippen MR) is 125 cm³/mol. The fourth-order valence-corrected chi connectivity index (χ4v) is 4.02. The first-order valence-corrected chi connectivity index (χ1v) is 10.7. The topological polar surface area (TPSA) is 63.2 Å². The van der Waals surface area contributed by atoms with E-state index in [-0.39, 0.29) is 5.82 Å². The molecule has 162 valence electrons. The number of ether oxygens (including phenoxy) is 1. The lowest BCUT2D eigenvalue weighted by atomic mass is 10.0. The van der Waals surface area contributed by atoms with Gasteiger partial charge in [0.2, 0.25) is 0 Å². The van der Waals surface area contributed by atoms with Crippen molar-refractivity contribution in [1.82, 2.24) is 15.0 Å². The Hall–Kier alpha value is -3.58. The zero-order chi connectivity index (χ0) is 22.1. The summed E-state index contributed by atoms with van der Waals surface area (Å²) in [6.45, 7) is 6.92. The first-order valence-electron chi connectivity index (χ1n) is 10.7. The van der Waals surface area contributed by atoms with Crippen LogP contribution in [0.5, 0.6) is 0 Å². The molecular formula is C25H24FN5O. The number of nitrogens with one attached hydrogen (secondary N) is 1. The van der Waals surface area contributed by atoms with Crippen molar-refractivity contribution in [2.75, 3.05) is 36.5 Å². The molecule has 1 aliphatic heterocycles. The van der Waals surface area contributed by atoms with Crippen LogP contribution < -0.4 is 10.2 Å². The maximum Gasteiger partial charge on any atom is 0.134 e. The fourth-order valence-electron chi connectivity index (χ4n) is 4.02. The highest BCUT2D eigenvalue weighted by molar-refractivity contribution is 5.97. The second kappa shape index (κ2) is 8.51. The van der Waals surface area contributed by atoms with E-state index >= 15 is 0 Å². The summed E-state index contributed by atoms with van der Waals surface area (Å²) in [6, 6.07) is 14.7. The molecule has 0 saturated carbocycles. The Morgan fingerprint density at radius 1 is 1.00 bits per heavy atom. The number of benzene rings is 1. The molecule has 0 unspecified atom stereocenters. The Morgan fingerprint density at radius 3 is 2.62 bits per heavy atom. The van der Waals surface area contributed by atoms with E-state index in [0.29, 0.717) is 35.6 Å². The van der Waals surface area contributed by atoms with Crippen LogP contribution in [0.15, 0.2) is 54.7 Å². The summed E-state index contributed by atoms with van der Waals surface area (Å²) < 4.78 is 20.4. The number of hydrogen-bond acceptors (Lipinski definition) is 6. The molecule has 0 bridgehead atoms. The van der Waals surface area contributed by atoms with Crippen molar-refractivity contribution in [2.45, 2.75) is 13.8 Å². The van der Waals surface area contributed by atoms with Crippen molar-refractivity contribution in [3.8, 4) is 11.4 Å². The number of aryl methyl sites for hydroxylation is 1. The van der Waals surface area contributed by atoms with Gasteiger partial charge in [-0.3, -0.25) is 4.98 Å². The molecule has 4 aromatic rings. The van der Waals surface area contributed by atoms with Gasteiger partial charge in [0.05, 0.1) is 41.2 Å². The van der Waals surface area contributed by atoms with Crippen molar-refractivity contribution in [3.05, 3.63) is 71.7 Å². The van der Waals surface area contributed by atoms with Gasteiger partial charge in [0.25, 0.3) is 0 Å². The van der Waals surface area contributed by atoms with Crippen LogP contribution in [0.4, 0.5) is 21.7 Å². The van der Waals surface area contributed by atoms with Gasteiger partial charge in [-0.25, -0.2) is 14.4 Å². The lowest BCUT2D eigenvalue weighted by Crippen LogP contribution is -2.36. The summed E-state index contributed by atoms with van der Waals surface area (Å²) in [5, 5.41) is 3.83. The third-order valence-electron chi connectivity index (χ3n) is 5.68. The average molecular weight is 429 g/mol. The van der Waals surface area contributed by atoms with Gasteiger partial charge in [-0.2, -0.15) is 0 Å². The van der Waals surface area contributed by atoms with E-state index in [0.717, 1.165) is 41.4 Å². The lowest BCUT2D eigenvalue weighted by Gasteiger charge is -2.28.